The zero-order chi connectivity index (χ0) is 14.8. The molecule has 0 unspecified atom stereocenters. The fraction of sp³-hybridized carbons (Fsp3) is 0.375. The monoisotopic (exact) mass is 365 g/mol. The second-order valence-electron chi connectivity index (χ2n) is 5.18. The van der Waals surface area contributed by atoms with Crippen LogP contribution in [-0.4, -0.2) is 16.5 Å². The van der Waals surface area contributed by atoms with Crippen molar-refractivity contribution in [1.82, 2.24) is 9.97 Å². The molecule has 0 radical (unpaired) electrons. The van der Waals surface area contributed by atoms with Crippen LogP contribution in [0.2, 0.25) is 5.02 Å². The van der Waals surface area contributed by atoms with Crippen molar-refractivity contribution in [1.29, 1.82) is 0 Å². The molecule has 1 heterocycles. The van der Waals surface area contributed by atoms with Gasteiger partial charge in [-0.05, 0) is 50.8 Å². The van der Waals surface area contributed by atoms with Crippen LogP contribution in [0.5, 0.6) is 0 Å². The second-order valence-corrected chi connectivity index (χ2v) is 6.51. The minimum absolute atomic E-state index is 0.677. The van der Waals surface area contributed by atoms with E-state index in [4.69, 9.17) is 21.6 Å². The Labute approximate surface area is 138 Å². The van der Waals surface area contributed by atoms with Gasteiger partial charge in [-0.2, -0.15) is 0 Å². The van der Waals surface area contributed by atoms with Crippen molar-refractivity contribution in [2.24, 2.45) is 0 Å². The molecule has 3 rings (SSSR count). The van der Waals surface area contributed by atoms with Gasteiger partial charge in [0.05, 0.1) is 5.02 Å². The van der Waals surface area contributed by atoms with Gasteiger partial charge in [0.25, 0.3) is 0 Å². The fourth-order valence-electron chi connectivity index (χ4n) is 2.70. The maximum absolute atomic E-state index is 6.32. The van der Waals surface area contributed by atoms with Gasteiger partial charge in [-0.1, -0.05) is 27.5 Å². The van der Waals surface area contributed by atoms with Crippen LogP contribution in [0.15, 0.2) is 22.7 Å². The Morgan fingerprint density at radius 1 is 1.24 bits per heavy atom. The molecule has 2 aromatic rings. The van der Waals surface area contributed by atoms with Gasteiger partial charge in [-0.3, -0.25) is 0 Å². The Hall–Kier alpha value is -1.13. The highest BCUT2D eigenvalue weighted by molar-refractivity contribution is 9.10. The average Bonchev–Trinajstić information content (AvgIpc) is 2.50. The number of aromatic nitrogens is 2. The van der Waals surface area contributed by atoms with E-state index in [2.05, 4.69) is 28.2 Å². The van der Waals surface area contributed by atoms with E-state index in [1.165, 1.54) is 24.1 Å². The zero-order valence-corrected chi connectivity index (χ0v) is 14.3. The quantitative estimate of drug-likeness (QED) is 0.842. The molecule has 1 N–H and O–H groups in total. The van der Waals surface area contributed by atoms with Crippen LogP contribution in [0.25, 0.3) is 11.4 Å². The SMILES string of the molecule is CCNc1nc(-c2cc(Br)ccc2Cl)nc2c1CCCC2. The lowest BCUT2D eigenvalue weighted by Crippen LogP contribution is -2.13. The number of fused-ring (bicyclic) bond motifs is 1. The number of aryl methyl sites for hydroxylation is 1. The van der Waals surface area contributed by atoms with E-state index in [1.807, 2.05) is 18.2 Å². The second kappa shape index (κ2) is 6.32. The molecule has 21 heavy (non-hydrogen) atoms. The van der Waals surface area contributed by atoms with Crippen LogP contribution in [-0.2, 0) is 12.8 Å². The van der Waals surface area contributed by atoms with Crippen molar-refractivity contribution in [3.8, 4) is 11.4 Å². The van der Waals surface area contributed by atoms with Crippen LogP contribution in [0.1, 0.15) is 31.0 Å². The van der Waals surface area contributed by atoms with Crippen molar-refractivity contribution >= 4 is 33.3 Å². The minimum Gasteiger partial charge on any atom is -0.370 e. The van der Waals surface area contributed by atoms with E-state index in [-0.39, 0.29) is 0 Å². The number of hydrogen-bond acceptors (Lipinski definition) is 3. The van der Waals surface area contributed by atoms with Gasteiger partial charge in [-0.25, -0.2) is 9.97 Å². The predicted octanol–water partition coefficient (Wildman–Crippen LogP) is 4.87. The third-order valence-electron chi connectivity index (χ3n) is 3.70. The molecule has 0 fully saturated rings. The highest BCUT2D eigenvalue weighted by Gasteiger charge is 2.19. The summed E-state index contributed by atoms with van der Waals surface area (Å²) < 4.78 is 0.980. The zero-order valence-electron chi connectivity index (χ0n) is 11.9. The summed E-state index contributed by atoms with van der Waals surface area (Å²) in [6.07, 6.45) is 4.49. The molecular weight excluding hydrogens is 350 g/mol. The van der Waals surface area contributed by atoms with Crippen LogP contribution in [0.4, 0.5) is 5.82 Å². The molecule has 1 aromatic carbocycles. The lowest BCUT2D eigenvalue weighted by molar-refractivity contribution is 0.665. The Morgan fingerprint density at radius 3 is 2.86 bits per heavy atom. The smallest absolute Gasteiger partial charge is 0.163 e. The molecule has 0 saturated heterocycles. The van der Waals surface area contributed by atoms with E-state index in [0.29, 0.717) is 10.8 Å². The summed E-state index contributed by atoms with van der Waals surface area (Å²) in [6, 6.07) is 5.77. The van der Waals surface area contributed by atoms with Crippen LogP contribution >= 0.6 is 27.5 Å². The molecule has 3 nitrogen and oxygen atoms in total. The van der Waals surface area contributed by atoms with Gasteiger partial charge in [0.2, 0.25) is 0 Å². The third kappa shape index (κ3) is 3.06. The lowest BCUT2D eigenvalue weighted by Gasteiger charge is -2.19. The van der Waals surface area contributed by atoms with Crippen molar-refractivity contribution in [3.63, 3.8) is 0 Å². The van der Waals surface area contributed by atoms with E-state index in [9.17, 15) is 0 Å². The number of rotatable bonds is 3. The molecule has 0 spiro atoms. The lowest BCUT2D eigenvalue weighted by atomic mass is 9.96. The first kappa shape index (κ1) is 14.8. The van der Waals surface area contributed by atoms with Gasteiger partial charge < -0.3 is 5.32 Å². The summed E-state index contributed by atoms with van der Waals surface area (Å²) in [6.45, 7) is 2.94. The summed E-state index contributed by atoms with van der Waals surface area (Å²) in [7, 11) is 0. The molecule has 0 bridgehead atoms. The topological polar surface area (TPSA) is 37.8 Å². The van der Waals surface area contributed by atoms with Gasteiger partial charge in [0.1, 0.15) is 5.82 Å². The first-order chi connectivity index (χ1) is 10.2. The summed E-state index contributed by atoms with van der Waals surface area (Å²) >= 11 is 9.81. The Morgan fingerprint density at radius 2 is 2.05 bits per heavy atom. The Bertz CT molecular complexity index is 673. The largest absolute Gasteiger partial charge is 0.370 e. The first-order valence-corrected chi connectivity index (χ1v) is 8.45. The molecule has 0 saturated carbocycles. The highest BCUT2D eigenvalue weighted by atomic mass is 79.9. The summed E-state index contributed by atoms with van der Waals surface area (Å²) in [5.41, 5.74) is 3.31. The molecule has 0 aliphatic heterocycles. The molecule has 110 valence electrons. The van der Waals surface area contributed by atoms with Gasteiger partial charge in [-0.15, -0.1) is 0 Å². The van der Waals surface area contributed by atoms with Crippen LogP contribution in [0, 0.1) is 0 Å². The maximum atomic E-state index is 6.32. The predicted molar refractivity (Wildman–Crippen MR) is 91.0 cm³/mol. The maximum Gasteiger partial charge on any atom is 0.163 e. The van der Waals surface area contributed by atoms with Crippen molar-refractivity contribution in [2.75, 3.05) is 11.9 Å². The number of hydrogen-bond donors (Lipinski definition) is 1. The molecule has 5 heteroatoms. The van der Waals surface area contributed by atoms with Crippen molar-refractivity contribution in [3.05, 3.63) is 39.0 Å². The molecule has 0 amide bonds. The number of nitrogens with zero attached hydrogens (tertiary/aromatic N) is 2. The summed E-state index contributed by atoms with van der Waals surface area (Å²) in [5, 5.41) is 4.05. The van der Waals surface area contributed by atoms with Crippen LogP contribution < -0.4 is 5.32 Å². The standard InChI is InChI=1S/C16H17BrClN3/c1-2-19-15-11-5-3-4-6-14(11)20-16(21-15)12-9-10(17)7-8-13(12)18/h7-9H,2-6H2,1H3,(H,19,20,21). The van der Waals surface area contributed by atoms with E-state index < -0.39 is 0 Å². The molecular formula is C16H17BrClN3. The molecule has 0 atom stereocenters. The van der Waals surface area contributed by atoms with Gasteiger partial charge in [0.15, 0.2) is 5.82 Å². The fourth-order valence-corrected chi connectivity index (χ4v) is 3.26. The van der Waals surface area contributed by atoms with Gasteiger partial charge in [0, 0.05) is 27.8 Å². The van der Waals surface area contributed by atoms with Gasteiger partial charge >= 0.3 is 0 Å². The third-order valence-corrected chi connectivity index (χ3v) is 4.52. The average molecular weight is 367 g/mol. The molecule has 1 aliphatic carbocycles. The highest BCUT2D eigenvalue weighted by Crippen LogP contribution is 2.32. The number of anilines is 1. The number of benzene rings is 1. The first-order valence-electron chi connectivity index (χ1n) is 7.28. The van der Waals surface area contributed by atoms with E-state index >= 15 is 0 Å². The Kier molecular flexibility index (Phi) is 4.45. The number of nitrogens with one attached hydrogen (secondary N) is 1. The minimum atomic E-state index is 0.677. The van der Waals surface area contributed by atoms with Crippen LogP contribution in [0.3, 0.4) is 0 Å². The van der Waals surface area contributed by atoms with E-state index in [1.54, 1.807) is 0 Å². The van der Waals surface area contributed by atoms with E-state index in [0.717, 1.165) is 35.2 Å². The van der Waals surface area contributed by atoms with Crippen molar-refractivity contribution in [2.45, 2.75) is 32.6 Å². The normalized spacial score (nSPS) is 13.9. The molecule has 1 aliphatic rings. The summed E-state index contributed by atoms with van der Waals surface area (Å²) in [4.78, 5) is 9.49. The Balaban J connectivity index is 2.14. The molecule has 1 aromatic heterocycles. The van der Waals surface area contributed by atoms with Crippen molar-refractivity contribution < 1.29 is 0 Å². The number of halogens is 2. The summed E-state index contributed by atoms with van der Waals surface area (Å²) in [5.74, 6) is 1.67.